The minimum atomic E-state index is -0.348. The number of carbonyl (C=O) groups excluding carboxylic acids is 2. The molecule has 7 heteroatoms. The number of anilines is 1. The summed E-state index contributed by atoms with van der Waals surface area (Å²) in [5.74, 6) is -0.680. The highest BCUT2D eigenvalue weighted by Crippen LogP contribution is 2.21. The van der Waals surface area contributed by atoms with Crippen LogP contribution in [0.25, 0.3) is 10.9 Å². The van der Waals surface area contributed by atoms with Crippen molar-refractivity contribution in [2.45, 2.75) is 0 Å². The number of benzene rings is 2. The van der Waals surface area contributed by atoms with Gasteiger partial charge in [-0.3, -0.25) is 9.59 Å². The Hall–Kier alpha value is -2.83. The number of halogens is 1. The second-order valence-corrected chi connectivity index (χ2v) is 5.79. The molecule has 0 spiro atoms. The third-order valence-corrected chi connectivity index (χ3v) is 3.86. The number of aromatic nitrogens is 1. The number of ether oxygens (including phenoxy) is 1. The zero-order chi connectivity index (χ0) is 17.8. The van der Waals surface area contributed by atoms with E-state index in [0.717, 1.165) is 10.9 Å². The molecule has 0 bridgehead atoms. The van der Waals surface area contributed by atoms with E-state index in [2.05, 4.69) is 15.6 Å². The lowest BCUT2D eigenvalue weighted by Gasteiger charge is -2.10. The Labute approximate surface area is 149 Å². The Morgan fingerprint density at radius 1 is 1.12 bits per heavy atom. The van der Waals surface area contributed by atoms with Crippen LogP contribution < -0.4 is 10.6 Å². The van der Waals surface area contributed by atoms with E-state index in [1.54, 1.807) is 48.5 Å². The zero-order valence-electron chi connectivity index (χ0n) is 13.4. The molecule has 1 heterocycles. The van der Waals surface area contributed by atoms with Crippen LogP contribution in [0.5, 0.6) is 0 Å². The van der Waals surface area contributed by atoms with Gasteiger partial charge in [0, 0.05) is 23.0 Å². The molecule has 6 nitrogen and oxygen atoms in total. The number of H-pyrrole nitrogens is 1. The highest BCUT2D eigenvalue weighted by molar-refractivity contribution is 6.31. The predicted octanol–water partition coefficient (Wildman–Crippen LogP) is 3.41. The van der Waals surface area contributed by atoms with Gasteiger partial charge in [-0.1, -0.05) is 23.7 Å². The van der Waals surface area contributed by atoms with Crippen LogP contribution in [0.15, 0.2) is 48.5 Å². The van der Waals surface area contributed by atoms with Crippen LogP contribution in [-0.4, -0.2) is 30.6 Å². The summed E-state index contributed by atoms with van der Waals surface area (Å²) in [4.78, 5) is 27.7. The molecule has 0 aliphatic rings. The van der Waals surface area contributed by atoms with Gasteiger partial charge in [0.1, 0.15) is 12.4 Å². The zero-order valence-corrected chi connectivity index (χ0v) is 14.2. The van der Waals surface area contributed by atoms with Gasteiger partial charge in [0.2, 0.25) is 0 Å². The van der Waals surface area contributed by atoms with Crippen molar-refractivity contribution in [3.05, 3.63) is 64.8 Å². The van der Waals surface area contributed by atoms with Gasteiger partial charge < -0.3 is 20.4 Å². The third-order valence-electron chi connectivity index (χ3n) is 3.62. The Morgan fingerprint density at radius 3 is 2.72 bits per heavy atom. The van der Waals surface area contributed by atoms with Gasteiger partial charge in [-0.2, -0.15) is 0 Å². The first-order valence-corrected chi connectivity index (χ1v) is 7.92. The van der Waals surface area contributed by atoms with Crippen LogP contribution in [0.4, 0.5) is 5.69 Å². The lowest BCUT2D eigenvalue weighted by Crippen LogP contribution is -2.27. The van der Waals surface area contributed by atoms with Gasteiger partial charge in [-0.15, -0.1) is 0 Å². The maximum absolute atomic E-state index is 12.5. The number of hydrogen-bond acceptors (Lipinski definition) is 3. The maximum Gasteiger partial charge on any atom is 0.272 e. The summed E-state index contributed by atoms with van der Waals surface area (Å²) in [6.45, 7) is 0.0872. The summed E-state index contributed by atoms with van der Waals surface area (Å²) in [7, 11) is 1.48. The molecular formula is C18H16ClN3O3. The van der Waals surface area contributed by atoms with Crippen LogP contribution in [0.3, 0.4) is 0 Å². The first kappa shape index (κ1) is 17.0. The normalized spacial score (nSPS) is 10.6. The van der Waals surface area contributed by atoms with E-state index in [1.807, 2.05) is 0 Å². The average molecular weight is 358 g/mol. The van der Waals surface area contributed by atoms with Crippen molar-refractivity contribution in [3.63, 3.8) is 0 Å². The summed E-state index contributed by atoms with van der Waals surface area (Å²) in [6.07, 6.45) is 0. The molecule has 2 aromatic carbocycles. The monoisotopic (exact) mass is 357 g/mol. The van der Waals surface area contributed by atoms with Crippen LogP contribution >= 0.6 is 11.6 Å². The molecule has 0 unspecified atom stereocenters. The lowest BCUT2D eigenvalue weighted by atomic mass is 10.1. The Kier molecular flexibility index (Phi) is 5.02. The van der Waals surface area contributed by atoms with E-state index in [-0.39, 0.29) is 18.5 Å². The standard InChI is InChI=1S/C18H16ClN3O3/c1-25-10-20-17(23)13-4-2-3-5-15(13)22-18(24)16-9-11-8-12(19)6-7-14(11)21-16/h2-9,21H,10H2,1H3,(H,20,23)(H,22,24). The number of methoxy groups -OCH3 is 1. The Bertz CT molecular complexity index is 936. The lowest BCUT2D eigenvalue weighted by molar-refractivity contribution is 0.0873. The molecule has 0 saturated heterocycles. The topological polar surface area (TPSA) is 83.2 Å². The first-order chi connectivity index (χ1) is 12.1. The molecule has 1 aromatic heterocycles. The van der Waals surface area contributed by atoms with E-state index in [4.69, 9.17) is 16.3 Å². The summed E-state index contributed by atoms with van der Waals surface area (Å²) in [6, 6.07) is 13.8. The van der Waals surface area contributed by atoms with Crippen molar-refractivity contribution in [2.24, 2.45) is 0 Å². The largest absolute Gasteiger partial charge is 0.364 e. The minimum absolute atomic E-state index is 0.0872. The van der Waals surface area contributed by atoms with Crippen molar-refractivity contribution in [1.29, 1.82) is 0 Å². The third kappa shape index (κ3) is 3.81. The minimum Gasteiger partial charge on any atom is -0.364 e. The maximum atomic E-state index is 12.5. The highest BCUT2D eigenvalue weighted by atomic mass is 35.5. The van der Waals surface area contributed by atoms with Crippen molar-refractivity contribution < 1.29 is 14.3 Å². The number of hydrogen-bond donors (Lipinski definition) is 3. The molecular weight excluding hydrogens is 342 g/mol. The van der Waals surface area contributed by atoms with Gasteiger partial charge in [0.15, 0.2) is 0 Å². The van der Waals surface area contributed by atoms with Gasteiger partial charge in [0.25, 0.3) is 11.8 Å². The molecule has 0 aliphatic heterocycles. The van der Waals surface area contributed by atoms with Crippen LogP contribution in [0, 0.1) is 0 Å². The summed E-state index contributed by atoms with van der Waals surface area (Å²) >= 11 is 5.97. The summed E-state index contributed by atoms with van der Waals surface area (Å²) < 4.78 is 4.83. The summed E-state index contributed by atoms with van der Waals surface area (Å²) in [5, 5.41) is 6.78. The number of aromatic amines is 1. The van der Waals surface area contributed by atoms with E-state index < -0.39 is 0 Å². The number of carbonyl (C=O) groups is 2. The van der Waals surface area contributed by atoms with Crippen molar-refractivity contribution in [2.75, 3.05) is 19.2 Å². The number of rotatable bonds is 5. The van der Waals surface area contributed by atoms with Crippen LogP contribution in [0.2, 0.25) is 5.02 Å². The number of amides is 2. The van der Waals surface area contributed by atoms with E-state index in [1.165, 1.54) is 7.11 Å². The molecule has 0 aliphatic carbocycles. The molecule has 3 rings (SSSR count). The van der Waals surface area contributed by atoms with Crippen molar-refractivity contribution in [1.82, 2.24) is 10.3 Å². The van der Waals surface area contributed by atoms with E-state index in [9.17, 15) is 9.59 Å². The quantitative estimate of drug-likeness (QED) is 0.612. The van der Waals surface area contributed by atoms with Crippen LogP contribution in [-0.2, 0) is 4.74 Å². The average Bonchev–Trinajstić information content (AvgIpc) is 3.03. The van der Waals surface area contributed by atoms with E-state index >= 15 is 0 Å². The number of fused-ring (bicyclic) bond motifs is 1. The fourth-order valence-corrected chi connectivity index (χ4v) is 2.62. The molecule has 3 aromatic rings. The Balaban J connectivity index is 1.83. The second kappa shape index (κ2) is 7.38. The second-order valence-electron chi connectivity index (χ2n) is 5.35. The van der Waals surface area contributed by atoms with Crippen molar-refractivity contribution >= 4 is 40.0 Å². The van der Waals surface area contributed by atoms with Gasteiger partial charge in [0.05, 0.1) is 11.3 Å². The van der Waals surface area contributed by atoms with Gasteiger partial charge in [-0.05, 0) is 36.4 Å². The number of para-hydroxylation sites is 1. The molecule has 0 radical (unpaired) electrons. The molecule has 0 saturated carbocycles. The van der Waals surface area contributed by atoms with Crippen LogP contribution in [0.1, 0.15) is 20.8 Å². The first-order valence-electron chi connectivity index (χ1n) is 7.54. The fourth-order valence-electron chi connectivity index (χ4n) is 2.44. The molecule has 0 fully saturated rings. The van der Waals surface area contributed by atoms with E-state index in [0.29, 0.717) is 22.0 Å². The molecule has 128 valence electrons. The summed E-state index contributed by atoms with van der Waals surface area (Å²) in [5.41, 5.74) is 1.95. The highest BCUT2D eigenvalue weighted by Gasteiger charge is 2.15. The van der Waals surface area contributed by atoms with Gasteiger partial charge >= 0.3 is 0 Å². The molecule has 25 heavy (non-hydrogen) atoms. The molecule has 3 N–H and O–H groups in total. The van der Waals surface area contributed by atoms with Crippen molar-refractivity contribution in [3.8, 4) is 0 Å². The molecule has 0 atom stereocenters. The Morgan fingerprint density at radius 2 is 1.92 bits per heavy atom. The fraction of sp³-hybridized carbons (Fsp3) is 0.111. The predicted molar refractivity (Wildman–Crippen MR) is 97.0 cm³/mol. The van der Waals surface area contributed by atoms with Gasteiger partial charge in [-0.25, -0.2) is 0 Å². The number of nitrogens with one attached hydrogen (secondary N) is 3. The molecule has 2 amide bonds. The smallest absolute Gasteiger partial charge is 0.272 e. The SMILES string of the molecule is COCNC(=O)c1ccccc1NC(=O)c1cc2cc(Cl)ccc2[nH]1.